The summed E-state index contributed by atoms with van der Waals surface area (Å²) in [5.41, 5.74) is 2.82. The fourth-order valence-electron chi connectivity index (χ4n) is 5.49. The number of imidazole rings is 1. The van der Waals surface area contributed by atoms with Crippen LogP contribution in [0.2, 0.25) is 0 Å². The number of benzene rings is 2. The lowest BCUT2D eigenvalue weighted by Crippen LogP contribution is -2.34. The summed E-state index contributed by atoms with van der Waals surface area (Å²) >= 11 is 0. The van der Waals surface area contributed by atoms with Gasteiger partial charge in [-0.15, -0.1) is 12.4 Å². The molecule has 2 aromatic carbocycles. The number of ether oxygens (including phenoxy) is 1. The average molecular weight is 597 g/mol. The van der Waals surface area contributed by atoms with E-state index in [2.05, 4.69) is 32.6 Å². The molecule has 4 rings (SSSR count). The molecule has 0 bridgehead atoms. The Balaban J connectivity index is 0.00000484. The molecule has 230 valence electrons. The topological polar surface area (TPSA) is 67.7 Å². The molecule has 0 saturated carbocycles. The van der Waals surface area contributed by atoms with Crippen molar-refractivity contribution in [3.05, 3.63) is 59.4 Å². The number of piperidine rings is 1. The van der Waals surface area contributed by atoms with Crippen LogP contribution >= 0.6 is 12.4 Å². The molecule has 7 nitrogen and oxygen atoms in total. The van der Waals surface area contributed by atoms with Crippen molar-refractivity contribution in [1.29, 1.82) is 0 Å². The molecule has 0 N–H and O–H groups in total. The van der Waals surface area contributed by atoms with E-state index < -0.39 is 0 Å². The van der Waals surface area contributed by atoms with Gasteiger partial charge in [0.2, 0.25) is 5.78 Å². The van der Waals surface area contributed by atoms with E-state index in [9.17, 15) is 9.59 Å². The number of halogens is 1. The molecular weight excluding hydrogens is 548 g/mol. The zero-order valence-electron chi connectivity index (χ0n) is 26.1. The van der Waals surface area contributed by atoms with Gasteiger partial charge in [-0.05, 0) is 106 Å². The number of hydrogen-bond acceptors (Lipinski definition) is 5. The second kappa shape index (κ2) is 16.1. The maximum absolute atomic E-state index is 13.8. The Bertz CT molecular complexity index is 1280. The van der Waals surface area contributed by atoms with Crippen LogP contribution in [0.3, 0.4) is 0 Å². The smallest absolute Gasteiger partial charge is 0.253 e. The van der Waals surface area contributed by atoms with Crippen molar-refractivity contribution in [1.82, 2.24) is 19.4 Å². The van der Waals surface area contributed by atoms with Crippen LogP contribution in [-0.4, -0.2) is 70.9 Å². The molecule has 1 aliphatic rings. The summed E-state index contributed by atoms with van der Waals surface area (Å²) in [5, 5.41) is 0. The van der Waals surface area contributed by atoms with Crippen LogP contribution in [0.15, 0.2) is 42.5 Å². The van der Waals surface area contributed by atoms with E-state index in [0.29, 0.717) is 41.1 Å². The molecular formula is C34H49ClN4O3. The summed E-state index contributed by atoms with van der Waals surface area (Å²) < 4.78 is 7.32. The monoisotopic (exact) mass is 596 g/mol. The van der Waals surface area contributed by atoms with Crippen molar-refractivity contribution in [2.24, 2.45) is 11.8 Å². The second-order valence-corrected chi connectivity index (χ2v) is 12.3. The van der Waals surface area contributed by atoms with Crippen molar-refractivity contribution in [3.63, 3.8) is 0 Å². The standard InChI is InChI=1S/C34H48N4O3.ClH/c1-25(2)16-22-37(23-17-26(3)4)34(40)28-12-15-30-31(24-28)38(21-9-20-36-18-7-6-8-19-36)33(35-30)32(39)27-10-13-29(41-5)14-11-27;/h10-15,24-26H,6-9,16-23H2,1-5H3;1H. The van der Waals surface area contributed by atoms with Crippen molar-refractivity contribution >= 4 is 35.1 Å². The van der Waals surface area contributed by atoms with Crippen LogP contribution in [0.25, 0.3) is 11.0 Å². The first-order valence-corrected chi connectivity index (χ1v) is 15.5. The van der Waals surface area contributed by atoms with Gasteiger partial charge in [0, 0.05) is 30.8 Å². The summed E-state index contributed by atoms with van der Waals surface area (Å²) in [6.45, 7) is 14.2. The van der Waals surface area contributed by atoms with Crippen LogP contribution in [0, 0.1) is 11.8 Å². The number of aryl methyl sites for hydroxylation is 1. The van der Waals surface area contributed by atoms with E-state index in [1.165, 1.54) is 19.3 Å². The van der Waals surface area contributed by atoms with Crippen LogP contribution in [0.4, 0.5) is 0 Å². The van der Waals surface area contributed by atoms with Crippen molar-refractivity contribution in [2.45, 2.75) is 72.8 Å². The number of carbonyl (C=O) groups excluding carboxylic acids is 2. The Morgan fingerprint density at radius 1 is 0.881 bits per heavy atom. The fourth-order valence-corrected chi connectivity index (χ4v) is 5.49. The normalized spacial score (nSPS) is 13.9. The number of aromatic nitrogens is 2. The number of amides is 1. The molecule has 0 atom stereocenters. The summed E-state index contributed by atoms with van der Waals surface area (Å²) in [7, 11) is 1.62. The molecule has 0 unspecified atom stereocenters. The van der Waals surface area contributed by atoms with Gasteiger partial charge in [-0.25, -0.2) is 4.98 Å². The van der Waals surface area contributed by atoms with Crippen LogP contribution in [-0.2, 0) is 6.54 Å². The number of fused-ring (bicyclic) bond motifs is 1. The minimum absolute atomic E-state index is 0. The van der Waals surface area contributed by atoms with E-state index in [-0.39, 0.29) is 24.1 Å². The first kappa shape index (κ1) is 33.6. The lowest BCUT2D eigenvalue weighted by molar-refractivity contribution is 0.0740. The summed E-state index contributed by atoms with van der Waals surface area (Å²) in [5.74, 6) is 2.12. The summed E-state index contributed by atoms with van der Waals surface area (Å²) in [6, 6.07) is 12.9. The maximum atomic E-state index is 13.8. The molecule has 1 aromatic heterocycles. The molecule has 0 aliphatic carbocycles. The van der Waals surface area contributed by atoms with Crippen molar-refractivity contribution in [2.75, 3.05) is 39.8 Å². The minimum atomic E-state index is -0.120. The molecule has 3 aromatic rings. The molecule has 1 saturated heterocycles. The molecule has 1 fully saturated rings. The number of rotatable bonds is 14. The van der Waals surface area contributed by atoms with Crippen molar-refractivity contribution < 1.29 is 14.3 Å². The highest BCUT2D eigenvalue weighted by Crippen LogP contribution is 2.24. The third kappa shape index (κ3) is 8.81. The molecule has 0 radical (unpaired) electrons. The quantitative estimate of drug-likeness (QED) is 0.186. The summed E-state index contributed by atoms with van der Waals surface area (Å²) in [4.78, 5) is 36.8. The van der Waals surface area contributed by atoms with Gasteiger partial charge in [-0.3, -0.25) is 9.59 Å². The second-order valence-electron chi connectivity index (χ2n) is 12.3. The van der Waals surface area contributed by atoms with Crippen molar-refractivity contribution in [3.8, 4) is 5.75 Å². The molecule has 8 heteroatoms. The summed E-state index contributed by atoms with van der Waals surface area (Å²) in [6.07, 6.45) is 6.68. The first-order valence-electron chi connectivity index (χ1n) is 15.5. The number of nitrogens with zero attached hydrogens (tertiary/aromatic N) is 4. The van der Waals surface area contributed by atoms with Crippen LogP contribution in [0.1, 0.15) is 92.8 Å². The molecule has 1 aliphatic heterocycles. The lowest BCUT2D eigenvalue weighted by atomic mass is 10.1. The predicted octanol–water partition coefficient (Wildman–Crippen LogP) is 7.11. The Morgan fingerprint density at radius 3 is 2.10 bits per heavy atom. The van der Waals surface area contributed by atoms with E-state index >= 15 is 0 Å². The number of likely N-dealkylation sites (tertiary alicyclic amines) is 1. The average Bonchev–Trinajstić information content (AvgIpc) is 3.34. The minimum Gasteiger partial charge on any atom is -0.497 e. The fraction of sp³-hybridized carbons (Fsp3) is 0.559. The van der Waals surface area contributed by atoms with Gasteiger partial charge >= 0.3 is 0 Å². The van der Waals surface area contributed by atoms with E-state index in [1.54, 1.807) is 31.4 Å². The molecule has 0 spiro atoms. The Kier molecular flexibility index (Phi) is 12.9. The molecule has 1 amide bonds. The van der Waals surface area contributed by atoms with Crippen LogP contribution < -0.4 is 4.74 Å². The highest BCUT2D eigenvalue weighted by Gasteiger charge is 2.23. The third-order valence-corrected chi connectivity index (χ3v) is 8.10. The SMILES string of the molecule is COc1ccc(C(=O)c2nc3ccc(C(=O)N(CCC(C)C)CCC(C)C)cc3n2CCCN2CCCCC2)cc1.Cl. The highest BCUT2D eigenvalue weighted by atomic mass is 35.5. The van der Waals surface area contributed by atoms with Crippen LogP contribution in [0.5, 0.6) is 5.75 Å². The zero-order valence-corrected chi connectivity index (χ0v) is 26.9. The van der Waals surface area contributed by atoms with Gasteiger partial charge in [0.25, 0.3) is 5.91 Å². The van der Waals surface area contributed by atoms with E-state index in [1.807, 2.05) is 27.7 Å². The van der Waals surface area contributed by atoms with Gasteiger partial charge in [-0.1, -0.05) is 34.1 Å². The third-order valence-electron chi connectivity index (χ3n) is 8.10. The first-order chi connectivity index (χ1) is 19.8. The number of methoxy groups -OCH3 is 1. The number of carbonyl (C=O) groups is 2. The number of ketones is 1. The van der Waals surface area contributed by atoms with Gasteiger partial charge in [0.05, 0.1) is 18.1 Å². The Labute approximate surface area is 258 Å². The maximum Gasteiger partial charge on any atom is 0.253 e. The lowest BCUT2D eigenvalue weighted by Gasteiger charge is -2.26. The molecule has 2 heterocycles. The Morgan fingerprint density at radius 2 is 1.50 bits per heavy atom. The molecule has 42 heavy (non-hydrogen) atoms. The van der Waals surface area contributed by atoms with Gasteiger partial charge in [0.15, 0.2) is 5.82 Å². The zero-order chi connectivity index (χ0) is 29.4. The Hall–Kier alpha value is -2.90. The highest BCUT2D eigenvalue weighted by molar-refractivity contribution is 6.08. The van der Waals surface area contributed by atoms with E-state index in [4.69, 9.17) is 9.72 Å². The largest absolute Gasteiger partial charge is 0.497 e. The number of hydrogen-bond donors (Lipinski definition) is 0. The van der Waals surface area contributed by atoms with Gasteiger partial charge in [0.1, 0.15) is 5.75 Å². The van der Waals surface area contributed by atoms with Gasteiger partial charge < -0.3 is 19.1 Å². The van der Waals surface area contributed by atoms with Gasteiger partial charge in [-0.2, -0.15) is 0 Å². The predicted molar refractivity (Wildman–Crippen MR) is 173 cm³/mol. The van der Waals surface area contributed by atoms with E-state index in [0.717, 1.165) is 63.0 Å².